The average Bonchev–Trinajstić information content (AvgIpc) is 3.38. The number of hydrogen-bond donors (Lipinski definition) is 2. The van der Waals surface area contributed by atoms with E-state index in [0.717, 1.165) is 24.3 Å². The number of aromatic nitrogens is 3. The number of nitrogens with two attached hydrogens (primary N) is 1. The fourth-order valence-electron chi connectivity index (χ4n) is 3.08. The largest absolute Gasteiger partial charge is 0.491 e. The summed E-state index contributed by atoms with van der Waals surface area (Å²) in [5.41, 5.74) is 7.35. The van der Waals surface area contributed by atoms with E-state index in [4.69, 9.17) is 10.5 Å². The van der Waals surface area contributed by atoms with E-state index in [1.807, 2.05) is 52.0 Å². The Morgan fingerprint density at radius 3 is 2.58 bits per heavy atom. The predicted octanol–water partition coefficient (Wildman–Crippen LogP) is 2.22. The molecule has 1 aliphatic carbocycles. The van der Waals surface area contributed by atoms with E-state index in [9.17, 15) is 4.79 Å². The second-order valence-corrected chi connectivity index (χ2v) is 7.45. The van der Waals surface area contributed by atoms with Crippen molar-refractivity contribution < 1.29 is 9.53 Å². The van der Waals surface area contributed by atoms with Gasteiger partial charge < -0.3 is 15.8 Å². The van der Waals surface area contributed by atoms with Crippen molar-refractivity contribution in [1.29, 1.82) is 0 Å². The zero-order valence-corrected chi connectivity index (χ0v) is 15.8. The zero-order valence-electron chi connectivity index (χ0n) is 15.8. The Bertz CT molecular complexity index is 780. The quantitative estimate of drug-likeness (QED) is 0.792. The van der Waals surface area contributed by atoms with Crippen LogP contribution in [0.25, 0.3) is 5.69 Å². The monoisotopic (exact) mass is 357 g/mol. The lowest BCUT2D eigenvalue weighted by Crippen LogP contribution is -2.53. The van der Waals surface area contributed by atoms with Gasteiger partial charge in [0.05, 0.1) is 23.0 Å². The molecular weight excluding hydrogens is 330 g/mol. The molecule has 7 heteroatoms. The minimum atomic E-state index is -0.386. The van der Waals surface area contributed by atoms with Crippen molar-refractivity contribution in [1.82, 2.24) is 20.3 Å². The van der Waals surface area contributed by atoms with Gasteiger partial charge in [-0.25, -0.2) is 4.68 Å². The zero-order chi connectivity index (χ0) is 18.9. The third-order valence-electron chi connectivity index (χ3n) is 4.86. The summed E-state index contributed by atoms with van der Waals surface area (Å²) in [7, 11) is 0. The molecule has 0 saturated heterocycles. The summed E-state index contributed by atoms with van der Waals surface area (Å²) in [5.74, 6) is 1.01. The van der Waals surface area contributed by atoms with Crippen LogP contribution in [0.5, 0.6) is 5.75 Å². The van der Waals surface area contributed by atoms with Crippen molar-refractivity contribution in [3.8, 4) is 11.4 Å². The van der Waals surface area contributed by atoms with Gasteiger partial charge in [-0.05, 0) is 70.7 Å². The Balaban J connectivity index is 1.78. The number of ether oxygens (including phenoxy) is 1. The van der Waals surface area contributed by atoms with Crippen LogP contribution in [-0.2, 0) is 0 Å². The molecular formula is C19H27N5O2. The van der Waals surface area contributed by atoms with Gasteiger partial charge in [0.25, 0.3) is 5.91 Å². The number of nitrogens with one attached hydrogen (secondary N) is 1. The van der Waals surface area contributed by atoms with Crippen LogP contribution in [0.3, 0.4) is 0 Å². The highest BCUT2D eigenvalue weighted by Gasteiger charge is 2.42. The van der Waals surface area contributed by atoms with Crippen LogP contribution in [0.15, 0.2) is 24.3 Å². The molecule has 7 nitrogen and oxygen atoms in total. The SMILES string of the molecule is Cc1c(C(=O)NC(C)(CN)C2CC2)nnn1-c1ccc(OC(C)C)cc1. The minimum Gasteiger partial charge on any atom is -0.491 e. The average molecular weight is 357 g/mol. The number of amides is 1. The molecule has 1 fully saturated rings. The topological polar surface area (TPSA) is 95.1 Å². The summed E-state index contributed by atoms with van der Waals surface area (Å²) in [4.78, 5) is 12.7. The Kier molecular flexibility index (Phi) is 5.00. The van der Waals surface area contributed by atoms with E-state index in [1.165, 1.54) is 0 Å². The Hall–Kier alpha value is -2.41. The molecule has 0 radical (unpaired) electrons. The lowest BCUT2D eigenvalue weighted by atomic mass is 9.95. The maximum atomic E-state index is 12.7. The van der Waals surface area contributed by atoms with Gasteiger partial charge in [-0.1, -0.05) is 5.21 Å². The smallest absolute Gasteiger partial charge is 0.274 e. The first kappa shape index (κ1) is 18.4. The Labute approximate surface area is 153 Å². The fraction of sp³-hybridized carbons (Fsp3) is 0.526. The van der Waals surface area contributed by atoms with Gasteiger partial charge >= 0.3 is 0 Å². The molecule has 26 heavy (non-hydrogen) atoms. The van der Waals surface area contributed by atoms with Gasteiger partial charge in [-0.2, -0.15) is 0 Å². The van der Waals surface area contributed by atoms with E-state index >= 15 is 0 Å². The van der Waals surface area contributed by atoms with Gasteiger partial charge in [0.1, 0.15) is 5.75 Å². The van der Waals surface area contributed by atoms with Gasteiger partial charge in [-0.3, -0.25) is 4.79 Å². The highest BCUT2D eigenvalue weighted by atomic mass is 16.5. The standard InChI is InChI=1S/C19H27N5O2/c1-12(2)26-16-9-7-15(8-10-16)24-13(3)17(22-23-24)18(25)21-19(4,11-20)14-5-6-14/h7-10,12,14H,5-6,11,20H2,1-4H3,(H,21,25). The molecule has 1 aliphatic rings. The molecule has 1 unspecified atom stereocenters. The van der Waals surface area contributed by atoms with Gasteiger partial charge in [0.15, 0.2) is 5.69 Å². The van der Waals surface area contributed by atoms with Crippen molar-refractivity contribution in [3.63, 3.8) is 0 Å². The second-order valence-electron chi connectivity index (χ2n) is 7.45. The summed E-state index contributed by atoms with van der Waals surface area (Å²) in [6, 6.07) is 7.56. The highest BCUT2D eigenvalue weighted by molar-refractivity contribution is 5.93. The lowest BCUT2D eigenvalue weighted by Gasteiger charge is -2.29. The second kappa shape index (κ2) is 7.07. The number of benzene rings is 1. The van der Waals surface area contributed by atoms with E-state index in [-0.39, 0.29) is 17.6 Å². The third kappa shape index (κ3) is 3.72. The highest BCUT2D eigenvalue weighted by Crippen LogP contribution is 2.39. The molecule has 0 bridgehead atoms. The van der Waals surface area contributed by atoms with Crippen molar-refractivity contribution in [2.75, 3.05) is 6.54 Å². The number of hydrogen-bond acceptors (Lipinski definition) is 5. The summed E-state index contributed by atoms with van der Waals surface area (Å²) in [6.45, 7) is 8.21. The minimum absolute atomic E-state index is 0.118. The number of nitrogens with zero attached hydrogens (tertiary/aromatic N) is 3. The normalized spacial score (nSPS) is 16.4. The van der Waals surface area contributed by atoms with Crippen LogP contribution in [0.4, 0.5) is 0 Å². The fourth-order valence-corrected chi connectivity index (χ4v) is 3.08. The van der Waals surface area contributed by atoms with Gasteiger partial charge in [0.2, 0.25) is 0 Å². The van der Waals surface area contributed by atoms with Crippen molar-refractivity contribution in [2.45, 2.75) is 52.2 Å². The van der Waals surface area contributed by atoms with Crippen LogP contribution in [0.1, 0.15) is 49.8 Å². The van der Waals surface area contributed by atoms with Crippen LogP contribution >= 0.6 is 0 Å². The molecule has 140 valence electrons. The van der Waals surface area contributed by atoms with E-state index < -0.39 is 0 Å². The maximum absolute atomic E-state index is 12.7. The van der Waals surface area contributed by atoms with E-state index in [1.54, 1.807) is 4.68 Å². The number of carbonyl (C=O) groups is 1. The Morgan fingerprint density at radius 1 is 1.38 bits per heavy atom. The van der Waals surface area contributed by atoms with Crippen LogP contribution in [0.2, 0.25) is 0 Å². The molecule has 0 aliphatic heterocycles. The summed E-state index contributed by atoms with van der Waals surface area (Å²) in [6.07, 6.45) is 2.32. The summed E-state index contributed by atoms with van der Waals surface area (Å²) < 4.78 is 7.31. The summed E-state index contributed by atoms with van der Waals surface area (Å²) in [5, 5.41) is 11.3. The molecule has 1 aromatic carbocycles. The van der Waals surface area contributed by atoms with Crippen molar-refractivity contribution in [3.05, 3.63) is 35.7 Å². The van der Waals surface area contributed by atoms with Gasteiger partial charge in [-0.15, -0.1) is 5.10 Å². The van der Waals surface area contributed by atoms with Crippen LogP contribution in [-0.4, -0.2) is 39.1 Å². The maximum Gasteiger partial charge on any atom is 0.274 e. The summed E-state index contributed by atoms with van der Waals surface area (Å²) >= 11 is 0. The van der Waals surface area contributed by atoms with Crippen LogP contribution in [0, 0.1) is 12.8 Å². The van der Waals surface area contributed by atoms with E-state index in [0.29, 0.717) is 23.9 Å². The first-order chi connectivity index (χ1) is 12.3. The molecule has 1 saturated carbocycles. The molecule has 0 spiro atoms. The molecule has 1 atom stereocenters. The molecule has 3 rings (SSSR count). The molecule has 2 aromatic rings. The molecule has 1 aromatic heterocycles. The van der Waals surface area contributed by atoms with E-state index in [2.05, 4.69) is 15.6 Å². The molecule has 3 N–H and O–H groups in total. The molecule has 1 heterocycles. The lowest BCUT2D eigenvalue weighted by molar-refractivity contribution is 0.0892. The Morgan fingerprint density at radius 2 is 2.04 bits per heavy atom. The van der Waals surface area contributed by atoms with Crippen molar-refractivity contribution in [2.24, 2.45) is 11.7 Å². The number of rotatable bonds is 7. The van der Waals surface area contributed by atoms with Crippen LogP contribution < -0.4 is 15.8 Å². The van der Waals surface area contributed by atoms with Crippen molar-refractivity contribution >= 4 is 5.91 Å². The third-order valence-corrected chi connectivity index (χ3v) is 4.86. The number of carbonyl (C=O) groups excluding carboxylic acids is 1. The first-order valence-electron chi connectivity index (χ1n) is 9.06. The van der Waals surface area contributed by atoms with Gasteiger partial charge in [0, 0.05) is 6.54 Å². The molecule has 1 amide bonds. The first-order valence-corrected chi connectivity index (χ1v) is 9.06. The predicted molar refractivity (Wildman–Crippen MR) is 99.5 cm³/mol.